The molecule has 5 nitrogen and oxygen atoms in total. The van der Waals surface area contributed by atoms with Crippen molar-refractivity contribution < 1.29 is 13.2 Å². The standard InChI is InChI=1S/C32H30F2N4OS/c33-30(34)32-36-35-31(39-32)28-18-16-27(17-19-28)24-38(29-14-8-3-9-15-29)40-21-20-37(22-25-10-4-1-5-11-25)23-26-12-6-2-7-13-26/h1-19,30H,20-24H2. The molecule has 0 aliphatic carbocycles. The van der Waals surface area contributed by atoms with E-state index in [0.717, 1.165) is 36.6 Å². The Labute approximate surface area is 237 Å². The van der Waals surface area contributed by atoms with Gasteiger partial charge in [-0.05, 0) is 52.9 Å². The Morgan fingerprint density at radius 3 is 1.75 bits per heavy atom. The minimum absolute atomic E-state index is 0.0908. The molecule has 0 N–H and O–H groups in total. The van der Waals surface area contributed by atoms with Crippen LogP contribution in [0.25, 0.3) is 11.5 Å². The second kappa shape index (κ2) is 13.9. The Bertz CT molecular complexity index is 1390. The molecule has 1 heterocycles. The summed E-state index contributed by atoms with van der Waals surface area (Å²) in [6, 6.07) is 39.0. The summed E-state index contributed by atoms with van der Waals surface area (Å²) < 4.78 is 33.0. The molecule has 0 amide bonds. The third-order valence-electron chi connectivity index (χ3n) is 6.35. The molecule has 204 valence electrons. The van der Waals surface area contributed by atoms with Crippen LogP contribution in [0.2, 0.25) is 0 Å². The summed E-state index contributed by atoms with van der Waals surface area (Å²) in [6.45, 7) is 3.36. The fourth-order valence-electron chi connectivity index (χ4n) is 4.34. The van der Waals surface area contributed by atoms with E-state index in [1.807, 2.05) is 54.6 Å². The van der Waals surface area contributed by atoms with Crippen molar-refractivity contribution in [2.75, 3.05) is 16.6 Å². The molecule has 40 heavy (non-hydrogen) atoms. The van der Waals surface area contributed by atoms with E-state index >= 15 is 0 Å². The summed E-state index contributed by atoms with van der Waals surface area (Å²) in [5.41, 5.74) is 5.40. The molecule has 0 bridgehead atoms. The maximum Gasteiger partial charge on any atom is 0.314 e. The Balaban J connectivity index is 1.26. The first-order valence-corrected chi connectivity index (χ1v) is 14.0. The lowest BCUT2D eigenvalue weighted by Gasteiger charge is -2.27. The molecule has 0 aliphatic heterocycles. The number of halogens is 2. The van der Waals surface area contributed by atoms with Crippen molar-refractivity contribution in [3.63, 3.8) is 0 Å². The van der Waals surface area contributed by atoms with Crippen LogP contribution in [-0.4, -0.2) is 27.4 Å². The van der Waals surface area contributed by atoms with Gasteiger partial charge in [0.2, 0.25) is 5.89 Å². The van der Waals surface area contributed by atoms with Gasteiger partial charge in [0, 0.05) is 36.6 Å². The molecule has 1 aromatic heterocycles. The van der Waals surface area contributed by atoms with Crippen molar-refractivity contribution in [3.05, 3.63) is 138 Å². The molecule has 0 fully saturated rings. The molecule has 5 aromatic rings. The van der Waals surface area contributed by atoms with E-state index in [-0.39, 0.29) is 5.89 Å². The topological polar surface area (TPSA) is 45.4 Å². The first-order chi connectivity index (χ1) is 19.6. The minimum Gasteiger partial charge on any atom is -0.415 e. The second-order valence-electron chi connectivity index (χ2n) is 9.33. The van der Waals surface area contributed by atoms with Crippen LogP contribution in [0.5, 0.6) is 0 Å². The Kier molecular flexibility index (Phi) is 9.55. The quantitative estimate of drug-likeness (QED) is 0.137. The van der Waals surface area contributed by atoms with E-state index in [0.29, 0.717) is 12.1 Å². The van der Waals surface area contributed by atoms with E-state index in [2.05, 4.69) is 80.1 Å². The lowest BCUT2D eigenvalue weighted by Crippen LogP contribution is -2.27. The van der Waals surface area contributed by atoms with E-state index in [1.54, 1.807) is 11.9 Å². The van der Waals surface area contributed by atoms with Crippen molar-refractivity contribution in [1.29, 1.82) is 0 Å². The maximum absolute atomic E-state index is 12.8. The SMILES string of the molecule is FC(F)c1nnc(-c2ccc(CN(SCCN(Cc3ccccc3)Cc3ccccc3)c3ccccc3)cc2)o1. The first-order valence-electron chi connectivity index (χ1n) is 13.1. The van der Waals surface area contributed by atoms with Gasteiger partial charge in [-0.25, -0.2) is 0 Å². The van der Waals surface area contributed by atoms with Gasteiger partial charge < -0.3 is 8.72 Å². The van der Waals surface area contributed by atoms with E-state index in [4.69, 9.17) is 4.42 Å². The molecule has 0 saturated heterocycles. The summed E-state index contributed by atoms with van der Waals surface area (Å²) in [6.07, 6.45) is -2.78. The van der Waals surface area contributed by atoms with E-state index < -0.39 is 12.3 Å². The fourth-order valence-corrected chi connectivity index (χ4v) is 5.41. The normalized spacial score (nSPS) is 11.3. The molecular formula is C32H30F2N4OS. The van der Waals surface area contributed by atoms with Gasteiger partial charge in [-0.1, -0.05) is 91.0 Å². The fraction of sp³-hybridized carbons (Fsp3) is 0.188. The predicted molar refractivity (Wildman–Crippen MR) is 157 cm³/mol. The number of anilines is 1. The lowest BCUT2D eigenvalue weighted by atomic mass is 10.1. The Morgan fingerprint density at radius 1 is 0.650 bits per heavy atom. The predicted octanol–water partition coefficient (Wildman–Crippen LogP) is 8.03. The number of hydrogen-bond acceptors (Lipinski definition) is 6. The first kappa shape index (κ1) is 27.6. The zero-order valence-corrected chi connectivity index (χ0v) is 22.8. The number of benzene rings is 4. The number of alkyl halides is 2. The van der Waals surface area contributed by atoms with Gasteiger partial charge in [-0.15, -0.1) is 10.2 Å². The molecule has 0 spiro atoms. The molecule has 0 unspecified atom stereocenters. The zero-order chi connectivity index (χ0) is 27.6. The highest BCUT2D eigenvalue weighted by atomic mass is 32.2. The highest BCUT2D eigenvalue weighted by Crippen LogP contribution is 2.27. The highest BCUT2D eigenvalue weighted by molar-refractivity contribution is 8.00. The summed E-state index contributed by atoms with van der Waals surface area (Å²) in [5.74, 6) is 0.331. The summed E-state index contributed by atoms with van der Waals surface area (Å²) in [4.78, 5) is 2.48. The van der Waals surface area contributed by atoms with Gasteiger partial charge in [-0.2, -0.15) is 8.78 Å². The zero-order valence-electron chi connectivity index (χ0n) is 21.9. The number of para-hydroxylation sites is 1. The monoisotopic (exact) mass is 556 g/mol. The van der Waals surface area contributed by atoms with Gasteiger partial charge in [-0.3, -0.25) is 4.90 Å². The molecular weight excluding hydrogens is 526 g/mol. The Morgan fingerprint density at radius 2 is 1.20 bits per heavy atom. The third kappa shape index (κ3) is 7.77. The summed E-state index contributed by atoms with van der Waals surface area (Å²) in [7, 11) is 0. The van der Waals surface area contributed by atoms with Gasteiger partial charge in [0.25, 0.3) is 5.89 Å². The highest BCUT2D eigenvalue weighted by Gasteiger charge is 2.17. The summed E-state index contributed by atoms with van der Waals surface area (Å²) in [5, 5.41) is 7.17. The average Bonchev–Trinajstić information content (AvgIpc) is 3.50. The van der Waals surface area contributed by atoms with Crippen LogP contribution < -0.4 is 4.31 Å². The van der Waals surface area contributed by atoms with Crippen LogP contribution in [0.3, 0.4) is 0 Å². The van der Waals surface area contributed by atoms with Crippen molar-refractivity contribution in [2.45, 2.75) is 26.1 Å². The third-order valence-corrected chi connectivity index (χ3v) is 7.37. The number of aromatic nitrogens is 2. The maximum atomic E-state index is 12.8. The lowest BCUT2D eigenvalue weighted by molar-refractivity contribution is 0.116. The number of hydrogen-bond donors (Lipinski definition) is 0. The van der Waals surface area contributed by atoms with Crippen molar-refractivity contribution in [3.8, 4) is 11.5 Å². The van der Waals surface area contributed by atoms with Crippen LogP contribution in [0.15, 0.2) is 120 Å². The summed E-state index contributed by atoms with van der Waals surface area (Å²) >= 11 is 1.79. The largest absolute Gasteiger partial charge is 0.415 e. The number of rotatable bonds is 13. The van der Waals surface area contributed by atoms with E-state index in [1.165, 1.54) is 11.1 Å². The molecule has 0 atom stereocenters. The van der Waals surface area contributed by atoms with Crippen LogP contribution in [0.1, 0.15) is 29.0 Å². The van der Waals surface area contributed by atoms with Crippen LogP contribution in [-0.2, 0) is 19.6 Å². The van der Waals surface area contributed by atoms with Gasteiger partial charge in [0.1, 0.15) is 0 Å². The van der Waals surface area contributed by atoms with Crippen molar-refractivity contribution >= 4 is 17.6 Å². The second-order valence-corrected chi connectivity index (χ2v) is 10.4. The average molecular weight is 557 g/mol. The molecule has 0 saturated carbocycles. The Hall–Kier alpha value is -4.01. The molecule has 4 aromatic carbocycles. The minimum atomic E-state index is -2.78. The van der Waals surface area contributed by atoms with Crippen molar-refractivity contribution in [2.24, 2.45) is 0 Å². The van der Waals surface area contributed by atoms with Gasteiger partial charge in [0.05, 0.1) is 6.54 Å². The molecule has 5 rings (SSSR count). The molecule has 0 aliphatic rings. The molecule has 0 radical (unpaired) electrons. The van der Waals surface area contributed by atoms with Crippen LogP contribution in [0, 0.1) is 0 Å². The molecule has 8 heteroatoms. The van der Waals surface area contributed by atoms with Crippen molar-refractivity contribution in [1.82, 2.24) is 15.1 Å². The van der Waals surface area contributed by atoms with E-state index in [9.17, 15) is 8.78 Å². The van der Waals surface area contributed by atoms with Crippen LogP contribution >= 0.6 is 11.9 Å². The smallest absolute Gasteiger partial charge is 0.314 e. The van der Waals surface area contributed by atoms with Gasteiger partial charge in [0.15, 0.2) is 0 Å². The number of nitrogens with zero attached hydrogens (tertiary/aromatic N) is 4. The van der Waals surface area contributed by atoms with Gasteiger partial charge >= 0.3 is 6.43 Å². The van der Waals surface area contributed by atoms with Crippen LogP contribution in [0.4, 0.5) is 14.5 Å².